The van der Waals surface area contributed by atoms with Crippen molar-refractivity contribution in [2.24, 2.45) is 0 Å². The van der Waals surface area contributed by atoms with Crippen LogP contribution in [0.25, 0.3) is 0 Å². The monoisotopic (exact) mass is 323 g/mol. The molecule has 2 N–H and O–H groups in total. The molecular formula is C11H6Cl2F3N3O. The molecule has 0 aliphatic carbocycles. The third-order valence-corrected chi connectivity index (χ3v) is 2.83. The van der Waals surface area contributed by atoms with Crippen LogP contribution in [-0.4, -0.2) is 9.97 Å². The number of nitrogens with zero attached hydrogens (tertiary/aromatic N) is 2. The van der Waals surface area contributed by atoms with Crippen LogP contribution in [0.2, 0.25) is 10.0 Å². The van der Waals surface area contributed by atoms with Gasteiger partial charge in [-0.2, -0.15) is 18.2 Å². The van der Waals surface area contributed by atoms with Crippen molar-refractivity contribution in [2.45, 2.75) is 6.18 Å². The van der Waals surface area contributed by atoms with Crippen molar-refractivity contribution < 1.29 is 17.9 Å². The zero-order chi connectivity index (χ0) is 14.9. The number of hydrogen-bond donors (Lipinski definition) is 1. The molecule has 4 nitrogen and oxygen atoms in total. The van der Waals surface area contributed by atoms with Gasteiger partial charge >= 0.3 is 6.18 Å². The van der Waals surface area contributed by atoms with E-state index in [1.54, 1.807) is 0 Å². The molecule has 9 heteroatoms. The summed E-state index contributed by atoms with van der Waals surface area (Å²) in [7, 11) is 0. The lowest BCUT2D eigenvalue weighted by Crippen LogP contribution is -2.12. The van der Waals surface area contributed by atoms with Crippen molar-refractivity contribution >= 4 is 29.0 Å². The van der Waals surface area contributed by atoms with Crippen molar-refractivity contribution in [1.82, 2.24) is 9.97 Å². The molecule has 1 aromatic heterocycles. The summed E-state index contributed by atoms with van der Waals surface area (Å²) in [5, 5.41) is 0.486. The van der Waals surface area contributed by atoms with E-state index in [-0.39, 0.29) is 27.5 Å². The second-order valence-electron chi connectivity index (χ2n) is 3.63. The van der Waals surface area contributed by atoms with Gasteiger partial charge in [0.15, 0.2) is 0 Å². The highest BCUT2D eigenvalue weighted by molar-refractivity contribution is 6.42. The molecule has 2 rings (SSSR count). The first-order chi connectivity index (χ1) is 9.25. The van der Waals surface area contributed by atoms with Gasteiger partial charge in [-0.1, -0.05) is 23.2 Å². The molecule has 2 aromatic rings. The molecule has 0 bridgehead atoms. The number of alkyl halides is 3. The van der Waals surface area contributed by atoms with Crippen molar-refractivity contribution in [1.29, 1.82) is 0 Å². The maximum absolute atomic E-state index is 12.5. The molecule has 0 amide bonds. The lowest BCUT2D eigenvalue weighted by Gasteiger charge is -2.09. The minimum Gasteiger partial charge on any atom is -0.439 e. The van der Waals surface area contributed by atoms with Crippen molar-refractivity contribution in [3.63, 3.8) is 0 Å². The minimum absolute atomic E-state index is 0.172. The van der Waals surface area contributed by atoms with E-state index in [9.17, 15) is 13.2 Å². The predicted molar refractivity (Wildman–Crippen MR) is 68.0 cm³/mol. The first-order valence-electron chi connectivity index (χ1n) is 5.10. The molecule has 1 aromatic carbocycles. The summed E-state index contributed by atoms with van der Waals surface area (Å²) in [6.07, 6.45) is -4.72. The fourth-order valence-electron chi connectivity index (χ4n) is 1.28. The topological polar surface area (TPSA) is 61.0 Å². The van der Waals surface area contributed by atoms with E-state index in [1.807, 2.05) is 0 Å². The zero-order valence-corrected chi connectivity index (χ0v) is 11.1. The number of hydrogen-bond acceptors (Lipinski definition) is 4. The highest BCUT2D eigenvalue weighted by Gasteiger charge is 2.35. The van der Waals surface area contributed by atoms with Gasteiger partial charge in [-0.3, -0.25) is 0 Å². The molecule has 0 aliphatic heterocycles. The lowest BCUT2D eigenvalue weighted by molar-refractivity contribution is -0.145. The predicted octanol–water partition coefficient (Wildman–Crippen LogP) is 4.18. The molecule has 0 aliphatic rings. The van der Waals surface area contributed by atoms with Crippen LogP contribution in [0.5, 0.6) is 11.6 Å². The number of halogens is 5. The minimum atomic E-state index is -4.72. The van der Waals surface area contributed by atoms with Gasteiger partial charge in [0.25, 0.3) is 0 Å². The fraction of sp³-hybridized carbons (Fsp3) is 0.0909. The highest BCUT2D eigenvalue weighted by atomic mass is 35.5. The number of ether oxygens (including phenoxy) is 1. The number of benzene rings is 1. The van der Waals surface area contributed by atoms with Gasteiger partial charge < -0.3 is 10.5 Å². The van der Waals surface area contributed by atoms with Crippen LogP contribution >= 0.6 is 23.2 Å². The molecule has 0 fully saturated rings. The van der Waals surface area contributed by atoms with Gasteiger partial charge in [-0.15, -0.1) is 0 Å². The first-order valence-corrected chi connectivity index (χ1v) is 5.86. The van der Waals surface area contributed by atoms with Gasteiger partial charge in [0.2, 0.25) is 11.7 Å². The molecule has 0 unspecified atom stereocenters. The Bertz CT molecular complexity index is 649. The van der Waals surface area contributed by atoms with E-state index in [2.05, 4.69) is 9.97 Å². The molecule has 1 heterocycles. The smallest absolute Gasteiger partial charge is 0.439 e. The third kappa shape index (κ3) is 3.43. The number of rotatable bonds is 2. The van der Waals surface area contributed by atoms with Gasteiger partial charge in [0, 0.05) is 12.1 Å². The average molecular weight is 324 g/mol. The largest absolute Gasteiger partial charge is 0.451 e. The molecule has 20 heavy (non-hydrogen) atoms. The number of aromatic nitrogens is 2. The Kier molecular flexibility index (Phi) is 3.92. The van der Waals surface area contributed by atoms with Gasteiger partial charge in [0.05, 0.1) is 10.0 Å². The normalized spacial score (nSPS) is 11.4. The van der Waals surface area contributed by atoms with E-state index in [4.69, 9.17) is 33.7 Å². The Labute approximate surface area is 121 Å². The van der Waals surface area contributed by atoms with Crippen LogP contribution in [0.3, 0.4) is 0 Å². The van der Waals surface area contributed by atoms with Crippen LogP contribution in [0, 0.1) is 0 Å². The summed E-state index contributed by atoms with van der Waals surface area (Å²) in [5.41, 5.74) is 5.29. The van der Waals surface area contributed by atoms with E-state index < -0.39 is 12.0 Å². The summed E-state index contributed by atoms with van der Waals surface area (Å²) in [5.74, 6) is -1.91. The Hall–Kier alpha value is -1.73. The van der Waals surface area contributed by atoms with Gasteiger partial charge in [0.1, 0.15) is 11.6 Å². The SMILES string of the molecule is Nc1cc(Oc2ccc(Cl)c(Cl)c2)nc(C(F)(F)F)n1. The number of nitrogens with two attached hydrogens (primary N) is 1. The van der Waals surface area contributed by atoms with Crippen molar-refractivity contribution in [2.75, 3.05) is 5.73 Å². The van der Waals surface area contributed by atoms with E-state index in [0.29, 0.717) is 0 Å². The molecule has 0 atom stereocenters. The molecule has 0 spiro atoms. The average Bonchev–Trinajstić information content (AvgIpc) is 2.32. The summed E-state index contributed by atoms with van der Waals surface area (Å²) in [6, 6.07) is 5.28. The molecule has 0 saturated carbocycles. The Balaban J connectivity index is 2.33. The summed E-state index contributed by atoms with van der Waals surface area (Å²) in [4.78, 5) is 6.33. The van der Waals surface area contributed by atoms with Crippen LogP contribution in [0.4, 0.5) is 19.0 Å². The number of anilines is 1. The standard InChI is InChI=1S/C11H6Cl2F3N3O/c12-6-2-1-5(3-7(6)13)20-9-4-8(17)18-10(19-9)11(14,15)16/h1-4H,(H2,17,18,19). The van der Waals surface area contributed by atoms with Crippen molar-refractivity contribution in [3.8, 4) is 11.6 Å². The summed E-state index contributed by atoms with van der Waals surface area (Å²) in [6.45, 7) is 0. The molecule has 106 valence electrons. The zero-order valence-electron chi connectivity index (χ0n) is 9.58. The quantitative estimate of drug-likeness (QED) is 0.900. The maximum Gasteiger partial charge on any atom is 0.451 e. The Morgan fingerprint density at radius 2 is 1.75 bits per heavy atom. The van der Waals surface area contributed by atoms with E-state index in [0.717, 1.165) is 6.07 Å². The van der Waals surface area contributed by atoms with Gasteiger partial charge in [-0.05, 0) is 12.1 Å². The molecule has 0 radical (unpaired) electrons. The Morgan fingerprint density at radius 3 is 2.35 bits per heavy atom. The Morgan fingerprint density at radius 1 is 1.05 bits per heavy atom. The summed E-state index contributed by atoms with van der Waals surface area (Å²) < 4.78 is 42.7. The van der Waals surface area contributed by atoms with Gasteiger partial charge in [-0.25, -0.2) is 4.98 Å². The maximum atomic E-state index is 12.5. The highest BCUT2D eigenvalue weighted by Crippen LogP contribution is 2.31. The van der Waals surface area contributed by atoms with Crippen molar-refractivity contribution in [3.05, 3.63) is 40.1 Å². The third-order valence-electron chi connectivity index (χ3n) is 2.09. The van der Waals surface area contributed by atoms with E-state index >= 15 is 0 Å². The van der Waals surface area contributed by atoms with E-state index in [1.165, 1.54) is 18.2 Å². The molecule has 0 saturated heterocycles. The fourth-order valence-corrected chi connectivity index (χ4v) is 1.57. The van der Waals surface area contributed by atoms with Crippen LogP contribution in [0.1, 0.15) is 5.82 Å². The second kappa shape index (κ2) is 5.34. The lowest BCUT2D eigenvalue weighted by atomic mass is 10.3. The van der Waals surface area contributed by atoms with Crippen LogP contribution in [0.15, 0.2) is 24.3 Å². The number of nitrogen functional groups attached to an aromatic ring is 1. The molecular weight excluding hydrogens is 318 g/mol. The first kappa shape index (κ1) is 14.7. The van der Waals surface area contributed by atoms with Crippen LogP contribution in [-0.2, 0) is 6.18 Å². The van der Waals surface area contributed by atoms with Crippen LogP contribution < -0.4 is 10.5 Å². The second-order valence-corrected chi connectivity index (χ2v) is 4.44. The summed E-state index contributed by atoms with van der Waals surface area (Å²) >= 11 is 11.5.